The van der Waals surface area contributed by atoms with Crippen molar-refractivity contribution in [1.82, 2.24) is 10.1 Å². The van der Waals surface area contributed by atoms with Crippen LogP contribution in [0.15, 0.2) is 16.8 Å². The minimum absolute atomic E-state index is 0.623. The number of rotatable bonds is 3. The molecular weight excluding hydrogens is 190 g/mol. The summed E-state index contributed by atoms with van der Waals surface area (Å²) >= 11 is 0. The molecule has 1 aliphatic rings. The van der Waals surface area contributed by atoms with Crippen molar-refractivity contribution < 1.29 is 4.52 Å². The fourth-order valence-electron chi connectivity index (χ4n) is 2.20. The van der Waals surface area contributed by atoms with Crippen molar-refractivity contribution >= 4 is 0 Å². The maximum atomic E-state index is 5.72. The minimum atomic E-state index is 0.623. The first-order valence-corrected chi connectivity index (χ1v) is 5.63. The Labute approximate surface area is 90.4 Å². The highest BCUT2D eigenvalue weighted by molar-refractivity contribution is 4.94. The molecule has 15 heavy (non-hydrogen) atoms. The third kappa shape index (κ3) is 2.58. The molecular formula is C11H19N3O. The van der Waals surface area contributed by atoms with Crippen LogP contribution in [0.2, 0.25) is 0 Å². The zero-order chi connectivity index (χ0) is 10.7. The van der Waals surface area contributed by atoms with Crippen LogP contribution in [0, 0.1) is 5.92 Å². The molecule has 0 aliphatic carbocycles. The Bertz CT molecular complexity index is 286. The van der Waals surface area contributed by atoms with Crippen molar-refractivity contribution in [3.8, 4) is 0 Å². The molecule has 84 valence electrons. The van der Waals surface area contributed by atoms with Crippen LogP contribution in [0.25, 0.3) is 0 Å². The summed E-state index contributed by atoms with van der Waals surface area (Å²) in [5.41, 5.74) is 5.72. The van der Waals surface area contributed by atoms with Gasteiger partial charge in [0.25, 0.3) is 0 Å². The zero-order valence-corrected chi connectivity index (χ0v) is 9.22. The van der Waals surface area contributed by atoms with Gasteiger partial charge in [0.1, 0.15) is 0 Å². The van der Waals surface area contributed by atoms with Gasteiger partial charge in [-0.3, -0.25) is 4.90 Å². The van der Waals surface area contributed by atoms with Gasteiger partial charge in [-0.25, -0.2) is 0 Å². The highest BCUT2D eigenvalue weighted by Gasteiger charge is 2.25. The second-order valence-corrected chi connectivity index (χ2v) is 4.44. The molecule has 0 amide bonds. The van der Waals surface area contributed by atoms with Crippen molar-refractivity contribution in [2.24, 2.45) is 11.7 Å². The van der Waals surface area contributed by atoms with Gasteiger partial charge in [0, 0.05) is 18.7 Å². The second-order valence-electron chi connectivity index (χ2n) is 4.44. The number of piperidine rings is 1. The van der Waals surface area contributed by atoms with Gasteiger partial charge in [0.2, 0.25) is 0 Å². The standard InChI is InChI=1S/C11H19N3O/c1-9-2-3-10(6-12)7-14(9)8-11-4-5-13-15-11/h4-5,9-10H,2-3,6-8,12H2,1H3. The zero-order valence-electron chi connectivity index (χ0n) is 9.22. The van der Waals surface area contributed by atoms with E-state index in [2.05, 4.69) is 17.0 Å². The van der Waals surface area contributed by atoms with Crippen LogP contribution in [0.5, 0.6) is 0 Å². The summed E-state index contributed by atoms with van der Waals surface area (Å²) in [7, 11) is 0. The lowest BCUT2D eigenvalue weighted by molar-refractivity contribution is 0.102. The van der Waals surface area contributed by atoms with Gasteiger partial charge in [-0.2, -0.15) is 0 Å². The number of nitrogens with two attached hydrogens (primary N) is 1. The molecule has 0 bridgehead atoms. The van der Waals surface area contributed by atoms with Gasteiger partial charge >= 0.3 is 0 Å². The molecule has 1 aliphatic heterocycles. The molecule has 2 rings (SSSR count). The summed E-state index contributed by atoms with van der Waals surface area (Å²) in [6, 6.07) is 2.55. The molecule has 1 saturated heterocycles. The van der Waals surface area contributed by atoms with E-state index in [4.69, 9.17) is 10.3 Å². The molecule has 1 aromatic heterocycles. The average molecular weight is 209 g/mol. The van der Waals surface area contributed by atoms with Crippen LogP contribution in [0.4, 0.5) is 0 Å². The molecule has 0 radical (unpaired) electrons. The van der Waals surface area contributed by atoms with Crippen molar-refractivity contribution in [2.45, 2.75) is 32.4 Å². The quantitative estimate of drug-likeness (QED) is 0.813. The molecule has 4 nitrogen and oxygen atoms in total. The van der Waals surface area contributed by atoms with Crippen LogP contribution < -0.4 is 5.73 Å². The highest BCUT2D eigenvalue weighted by atomic mass is 16.5. The van der Waals surface area contributed by atoms with E-state index >= 15 is 0 Å². The highest BCUT2D eigenvalue weighted by Crippen LogP contribution is 2.22. The average Bonchev–Trinajstić information content (AvgIpc) is 2.74. The van der Waals surface area contributed by atoms with Crippen molar-refractivity contribution in [3.05, 3.63) is 18.0 Å². The van der Waals surface area contributed by atoms with Gasteiger partial charge < -0.3 is 10.3 Å². The second kappa shape index (κ2) is 4.77. The Kier molecular flexibility index (Phi) is 3.38. The van der Waals surface area contributed by atoms with Gasteiger partial charge in [0.15, 0.2) is 5.76 Å². The molecule has 1 fully saturated rings. The molecule has 1 aromatic rings. The van der Waals surface area contributed by atoms with Gasteiger partial charge in [-0.15, -0.1) is 0 Å². The Morgan fingerprint density at radius 3 is 3.13 bits per heavy atom. The Morgan fingerprint density at radius 2 is 2.47 bits per heavy atom. The lowest BCUT2D eigenvalue weighted by Crippen LogP contribution is -2.43. The molecule has 2 N–H and O–H groups in total. The van der Waals surface area contributed by atoms with E-state index in [0.717, 1.165) is 25.4 Å². The van der Waals surface area contributed by atoms with Crippen LogP contribution in [-0.2, 0) is 6.54 Å². The number of hydrogen-bond acceptors (Lipinski definition) is 4. The van der Waals surface area contributed by atoms with Crippen LogP contribution in [0.1, 0.15) is 25.5 Å². The smallest absolute Gasteiger partial charge is 0.150 e. The first-order chi connectivity index (χ1) is 7.29. The number of hydrogen-bond donors (Lipinski definition) is 1. The fraction of sp³-hybridized carbons (Fsp3) is 0.727. The molecule has 0 saturated carbocycles. The summed E-state index contributed by atoms with van der Waals surface area (Å²) in [6.45, 7) is 5.00. The lowest BCUT2D eigenvalue weighted by atomic mass is 9.93. The monoisotopic (exact) mass is 209 g/mol. The van der Waals surface area contributed by atoms with Crippen molar-refractivity contribution in [2.75, 3.05) is 13.1 Å². The van der Waals surface area contributed by atoms with E-state index in [9.17, 15) is 0 Å². The Balaban J connectivity index is 1.94. The number of aromatic nitrogens is 1. The maximum absolute atomic E-state index is 5.72. The predicted molar refractivity (Wildman–Crippen MR) is 58.2 cm³/mol. The molecule has 2 heterocycles. The first kappa shape index (κ1) is 10.6. The summed E-state index contributed by atoms with van der Waals surface area (Å²) in [4.78, 5) is 2.43. The summed E-state index contributed by atoms with van der Waals surface area (Å²) in [6.07, 6.45) is 4.19. The molecule has 0 spiro atoms. The Hall–Kier alpha value is -0.870. The fourth-order valence-corrected chi connectivity index (χ4v) is 2.20. The molecule has 2 atom stereocenters. The van der Waals surface area contributed by atoms with Crippen molar-refractivity contribution in [1.29, 1.82) is 0 Å². The van der Waals surface area contributed by atoms with E-state index in [0.29, 0.717) is 12.0 Å². The van der Waals surface area contributed by atoms with Gasteiger partial charge in [-0.05, 0) is 32.2 Å². The number of nitrogens with zero attached hydrogens (tertiary/aromatic N) is 2. The SMILES string of the molecule is CC1CCC(CN)CN1Cc1ccno1. The first-order valence-electron chi connectivity index (χ1n) is 5.63. The molecule has 4 heteroatoms. The maximum Gasteiger partial charge on any atom is 0.150 e. The van der Waals surface area contributed by atoms with E-state index in [1.807, 2.05) is 6.07 Å². The van der Waals surface area contributed by atoms with Gasteiger partial charge in [-0.1, -0.05) is 5.16 Å². The van der Waals surface area contributed by atoms with E-state index in [-0.39, 0.29) is 0 Å². The third-order valence-electron chi connectivity index (χ3n) is 3.29. The number of likely N-dealkylation sites (tertiary alicyclic amines) is 1. The third-order valence-corrected chi connectivity index (χ3v) is 3.29. The van der Waals surface area contributed by atoms with Crippen LogP contribution >= 0.6 is 0 Å². The summed E-state index contributed by atoms with van der Waals surface area (Å²) in [5.74, 6) is 1.59. The molecule has 0 aromatic carbocycles. The largest absolute Gasteiger partial charge is 0.360 e. The summed E-state index contributed by atoms with van der Waals surface area (Å²) in [5, 5.41) is 3.73. The van der Waals surface area contributed by atoms with Crippen molar-refractivity contribution in [3.63, 3.8) is 0 Å². The summed E-state index contributed by atoms with van der Waals surface area (Å²) < 4.78 is 5.13. The topological polar surface area (TPSA) is 55.3 Å². The van der Waals surface area contributed by atoms with Gasteiger partial charge in [0.05, 0.1) is 12.7 Å². The van der Waals surface area contributed by atoms with E-state index in [1.165, 1.54) is 12.8 Å². The Morgan fingerprint density at radius 1 is 1.60 bits per heavy atom. The minimum Gasteiger partial charge on any atom is -0.360 e. The van der Waals surface area contributed by atoms with Crippen LogP contribution in [0.3, 0.4) is 0 Å². The molecule has 2 unspecified atom stereocenters. The van der Waals surface area contributed by atoms with E-state index in [1.54, 1.807) is 6.20 Å². The van der Waals surface area contributed by atoms with E-state index < -0.39 is 0 Å². The predicted octanol–water partition coefficient (Wildman–Crippen LogP) is 1.23. The lowest BCUT2D eigenvalue weighted by Gasteiger charge is -2.36. The van der Waals surface area contributed by atoms with Crippen LogP contribution in [-0.4, -0.2) is 29.2 Å². The normalized spacial score (nSPS) is 28.1.